The first-order valence-electron chi connectivity index (χ1n) is 9.73. The third-order valence-electron chi connectivity index (χ3n) is 4.84. The van der Waals surface area contributed by atoms with Crippen LogP contribution in [0, 0.1) is 6.92 Å². The molecule has 154 valence electrons. The number of benzene rings is 3. The number of ether oxygens (including phenoxy) is 2. The van der Waals surface area contributed by atoms with Gasteiger partial charge in [0.15, 0.2) is 17.3 Å². The van der Waals surface area contributed by atoms with Gasteiger partial charge in [0.25, 0.3) is 0 Å². The molecule has 0 spiro atoms. The van der Waals surface area contributed by atoms with Crippen LogP contribution in [-0.4, -0.2) is 17.9 Å². The number of nitrogens with zero attached hydrogens (tertiary/aromatic N) is 1. The Labute approximate surface area is 185 Å². The summed E-state index contributed by atoms with van der Waals surface area (Å²) in [4.78, 5) is 16.7. The van der Waals surface area contributed by atoms with Crippen molar-refractivity contribution < 1.29 is 14.3 Å². The van der Waals surface area contributed by atoms with Gasteiger partial charge >= 0.3 is 0 Å². The van der Waals surface area contributed by atoms with Gasteiger partial charge in [-0.15, -0.1) is 0 Å². The number of pyridine rings is 1. The highest BCUT2D eigenvalue weighted by atomic mass is 35.5. The first-order valence-corrected chi connectivity index (χ1v) is 10.1. The van der Waals surface area contributed by atoms with E-state index < -0.39 is 0 Å². The van der Waals surface area contributed by atoms with Gasteiger partial charge in [-0.25, -0.2) is 0 Å². The van der Waals surface area contributed by atoms with E-state index in [9.17, 15) is 4.79 Å². The van der Waals surface area contributed by atoms with Gasteiger partial charge in [0.05, 0.1) is 12.6 Å². The van der Waals surface area contributed by atoms with Gasteiger partial charge in [-0.3, -0.25) is 9.78 Å². The summed E-state index contributed by atoms with van der Waals surface area (Å²) in [5, 5.41) is 1.47. The molecule has 0 N–H and O–H groups in total. The third-order valence-corrected chi connectivity index (χ3v) is 5.07. The summed E-state index contributed by atoms with van der Waals surface area (Å²) in [6, 6.07) is 20.3. The fraction of sp³-hybridized carbons (Fsp3) is 0.0769. The minimum Gasteiger partial charge on any atom is -0.493 e. The number of fused-ring (bicyclic) bond motifs is 1. The molecule has 0 atom stereocenters. The molecule has 0 bridgehead atoms. The molecule has 0 unspecified atom stereocenters. The van der Waals surface area contributed by atoms with Crippen LogP contribution in [0.25, 0.3) is 17.0 Å². The molecule has 31 heavy (non-hydrogen) atoms. The lowest BCUT2D eigenvalue weighted by molar-refractivity contribution is 0.104. The molecule has 1 aromatic heterocycles. The number of allylic oxidation sites excluding steroid dienone is 1. The van der Waals surface area contributed by atoms with Crippen molar-refractivity contribution >= 4 is 34.4 Å². The van der Waals surface area contributed by atoms with Crippen LogP contribution in [0.1, 0.15) is 21.5 Å². The van der Waals surface area contributed by atoms with Gasteiger partial charge in [-0.05, 0) is 55.0 Å². The Morgan fingerprint density at radius 1 is 0.935 bits per heavy atom. The molecule has 0 amide bonds. The van der Waals surface area contributed by atoms with Gasteiger partial charge in [0.2, 0.25) is 0 Å². The zero-order chi connectivity index (χ0) is 21.8. The van der Waals surface area contributed by atoms with Crippen molar-refractivity contribution in [3.63, 3.8) is 0 Å². The van der Waals surface area contributed by atoms with Crippen LogP contribution in [0.5, 0.6) is 17.2 Å². The number of carbonyl (C=O) groups excluding carboxylic acids is 1. The molecule has 3 aromatic carbocycles. The lowest BCUT2D eigenvalue weighted by atomic mass is 10.1. The number of rotatable bonds is 6. The monoisotopic (exact) mass is 429 g/mol. The quantitative estimate of drug-likeness (QED) is 0.247. The maximum absolute atomic E-state index is 12.4. The average molecular weight is 430 g/mol. The van der Waals surface area contributed by atoms with E-state index in [2.05, 4.69) is 4.98 Å². The van der Waals surface area contributed by atoms with E-state index in [0.717, 1.165) is 22.0 Å². The highest BCUT2D eigenvalue weighted by molar-refractivity contribution is 6.31. The molecule has 0 aliphatic carbocycles. The van der Waals surface area contributed by atoms with Crippen molar-refractivity contribution in [2.75, 3.05) is 7.11 Å². The molecular formula is C26H20ClNO3. The Morgan fingerprint density at radius 3 is 2.52 bits per heavy atom. The fourth-order valence-corrected chi connectivity index (χ4v) is 3.33. The van der Waals surface area contributed by atoms with Crippen LogP contribution >= 0.6 is 11.6 Å². The first kappa shape index (κ1) is 20.6. The maximum Gasteiger partial charge on any atom is 0.185 e. The summed E-state index contributed by atoms with van der Waals surface area (Å²) < 4.78 is 11.6. The molecule has 0 saturated carbocycles. The second-order valence-corrected chi connectivity index (χ2v) is 7.48. The van der Waals surface area contributed by atoms with Crippen molar-refractivity contribution in [1.29, 1.82) is 0 Å². The largest absolute Gasteiger partial charge is 0.493 e. The van der Waals surface area contributed by atoms with Crippen molar-refractivity contribution in [1.82, 2.24) is 4.98 Å². The fourth-order valence-electron chi connectivity index (χ4n) is 3.16. The number of aryl methyl sites for hydroxylation is 1. The molecule has 0 radical (unpaired) electrons. The zero-order valence-corrected chi connectivity index (χ0v) is 17.9. The van der Waals surface area contributed by atoms with E-state index in [-0.39, 0.29) is 5.78 Å². The van der Waals surface area contributed by atoms with Crippen LogP contribution in [0.15, 0.2) is 79.0 Å². The van der Waals surface area contributed by atoms with Crippen LogP contribution in [0.4, 0.5) is 0 Å². The molecule has 4 nitrogen and oxygen atoms in total. The number of methoxy groups -OCH3 is 1. The lowest BCUT2D eigenvalue weighted by Gasteiger charge is -2.12. The molecule has 5 heteroatoms. The van der Waals surface area contributed by atoms with Crippen molar-refractivity contribution in [2.24, 2.45) is 0 Å². The average Bonchev–Trinajstić information content (AvgIpc) is 2.78. The van der Waals surface area contributed by atoms with Crippen molar-refractivity contribution in [3.8, 4) is 17.2 Å². The number of aromatic nitrogens is 1. The first-order chi connectivity index (χ1) is 15.0. The summed E-state index contributed by atoms with van der Waals surface area (Å²) in [6.07, 6.45) is 4.99. The minimum atomic E-state index is -0.0544. The number of halogens is 1. The molecule has 0 fully saturated rings. The Balaban J connectivity index is 1.57. The number of hydrogen-bond donors (Lipinski definition) is 0. The van der Waals surface area contributed by atoms with Gasteiger partial charge in [0, 0.05) is 22.2 Å². The molecule has 0 saturated heterocycles. The van der Waals surface area contributed by atoms with E-state index in [1.807, 2.05) is 55.5 Å². The summed E-state index contributed by atoms with van der Waals surface area (Å²) in [5.74, 6) is 1.72. The van der Waals surface area contributed by atoms with Crippen LogP contribution in [-0.2, 0) is 0 Å². The third kappa shape index (κ3) is 4.76. The molecule has 0 aliphatic rings. The Hall–Kier alpha value is -3.63. The smallest absolute Gasteiger partial charge is 0.185 e. The van der Waals surface area contributed by atoms with Crippen LogP contribution in [0.2, 0.25) is 5.02 Å². The summed E-state index contributed by atoms with van der Waals surface area (Å²) >= 11 is 6.06. The number of hydrogen-bond acceptors (Lipinski definition) is 4. The predicted molar refractivity (Wildman–Crippen MR) is 124 cm³/mol. The normalized spacial score (nSPS) is 11.1. The minimum absolute atomic E-state index is 0.0544. The van der Waals surface area contributed by atoms with E-state index >= 15 is 0 Å². The Bertz CT molecular complexity index is 1280. The van der Waals surface area contributed by atoms with Crippen molar-refractivity contribution in [3.05, 3.63) is 101 Å². The van der Waals surface area contributed by atoms with E-state index in [0.29, 0.717) is 27.8 Å². The van der Waals surface area contributed by atoms with Crippen LogP contribution < -0.4 is 9.47 Å². The summed E-state index contributed by atoms with van der Waals surface area (Å²) in [7, 11) is 1.58. The maximum atomic E-state index is 12.4. The molecule has 1 heterocycles. The Morgan fingerprint density at radius 2 is 1.74 bits per heavy atom. The Kier molecular flexibility index (Phi) is 6.01. The van der Waals surface area contributed by atoms with Gasteiger partial charge < -0.3 is 9.47 Å². The van der Waals surface area contributed by atoms with E-state index in [1.165, 1.54) is 0 Å². The predicted octanol–water partition coefficient (Wildman–Crippen LogP) is 6.89. The van der Waals surface area contributed by atoms with E-state index in [1.54, 1.807) is 43.7 Å². The molecule has 4 aromatic rings. The lowest BCUT2D eigenvalue weighted by Crippen LogP contribution is -1.94. The SMILES string of the molecule is COc1cc(/C=C/C(=O)c2ccc(C)cc2)ccc1Oc1ccnc2cc(Cl)ccc12. The molecule has 4 rings (SSSR count). The molecular weight excluding hydrogens is 410 g/mol. The highest BCUT2D eigenvalue weighted by Crippen LogP contribution is 2.36. The number of ketones is 1. The highest BCUT2D eigenvalue weighted by Gasteiger charge is 2.10. The van der Waals surface area contributed by atoms with Crippen molar-refractivity contribution in [2.45, 2.75) is 6.92 Å². The van der Waals surface area contributed by atoms with Crippen LogP contribution in [0.3, 0.4) is 0 Å². The second kappa shape index (κ2) is 9.02. The summed E-state index contributed by atoms with van der Waals surface area (Å²) in [5.41, 5.74) is 3.35. The topological polar surface area (TPSA) is 48.4 Å². The number of carbonyl (C=O) groups is 1. The standard InChI is InChI=1S/C26H20ClNO3/c1-17-3-7-19(8-4-17)23(29)11-5-18-6-12-25(26(15-18)30-2)31-24-13-14-28-22-16-20(27)9-10-21(22)24/h3-16H,1-2H3/b11-5+. The van der Waals surface area contributed by atoms with E-state index in [4.69, 9.17) is 21.1 Å². The summed E-state index contributed by atoms with van der Waals surface area (Å²) in [6.45, 7) is 1.99. The molecule has 0 aliphatic heterocycles. The van der Waals surface area contributed by atoms with Gasteiger partial charge in [-0.2, -0.15) is 0 Å². The zero-order valence-electron chi connectivity index (χ0n) is 17.1. The second-order valence-electron chi connectivity index (χ2n) is 7.05. The van der Waals surface area contributed by atoms with Gasteiger partial charge in [0.1, 0.15) is 5.75 Å². The van der Waals surface area contributed by atoms with Gasteiger partial charge in [-0.1, -0.05) is 53.6 Å².